The largest absolute Gasteiger partial charge is 0.376 e. The maximum absolute atomic E-state index is 5.71. The minimum atomic E-state index is 0.620. The van der Waals surface area contributed by atoms with Crippen LogP contribution in [0.2, 0.25) is 0 Å². The summed E-state index contributed by atoms with van der Waals surface area (Å²) >= 11 is 5.07. The first-order valence-corrected chi connectivity index (χ1v) is 5.76. The average Bonchev–Trinajstić information content (AvgIpc) is 2.74. The van der Waals surface area contributed by atoms with E-state index in [1.165, 1.54) is 38.5 Å². The second-order valence-corrected chi connectivity index (χ2v) is 4.70. The molecule has 1 heterocycles. The van der Waals surface area contributed by atoms with Crippen molar-refractivity contribution in [3.05, 3.63) is 0 Å². The third kappa shape index (κ3) is 1.80. The number of nitrogens with zero attached hydrogens (tertiary/aromatic N) is 1. The van der Waals surface area contributed by atoms with Gasteiger partial charge in [0.2, 0.25) is 0 Å². The molecule has 1 saturated heterocycles. The van der Waals surface area contributed by atoms with Crippen LogP contribution in [0.5, 0.6) is 0 Å². The van der Waals surface area contributed by atoms with Crippen LogP contribution in [0.25, 0.3) is 0 Å². The highest BCUT2D eigenvalue weighted by molar-refractivity contribution is 7.80. The fourth-order valence-electron chi connectivity index (χ4n) is 2.90. The second kappa shape index (κ2) is 3.82. The van der Waals surface area contributed by atoms with Gasteiger partial charge in [0.15, 0.2) is 5.11 Å². The second-order valence-electron chi connectivity index (χ2n) is 4.29. The van der Waals surface area contributed by atoms with Crippen molar-refractivity contribution in [3.8, 4) is 0 Å². The van der Waals surface area contributed by atoms with E-state index in [1.807, 2.05) is 0 Å². The van der Waals surface area contributed by atoms with Gasteiger partial charge in [-0.15, -0.1) is 0 Å². The van der Waals surface area contributed by atoms with Crippen LogP contribution >= 0.6 is 12.2 Å². The Morgan fingerprint density at radius 2 is 1.85 bits per heavy atom. The average molecular weight is 198 g/mol. The highest BCUT2D eigenvalue weighted by Gasteiger charge is 2.33. The fraction of sp³-hybridized carbons (Fsp3) is 0.900. The molecule has 0 aromatic carbocycles. The van der Waals surface area contributed by atoms with Crippen molar-refractivity contribution < 1.29 is 0 Å². The van der Waals surface area contributed by atoms with Crippen molar-refractivity contribution in [1.82, 2.24) is 4.90 Å². The Kier molecular flexibility index (Phi) is 2.72. The summed E-state index contributed by atoms with van der Waals surface area (Å²) in [5, 5.41) is 0.620. The van der Waals surface area contributed by atoms with Gasteiger partial charge in [0, 0.05) is 12.6 Å². The lowest BCUT2D eigenvalue weighted by Gasteiger charge is -2.29. The molecule has 13 heavy (non-hydrogen) atoms. The van der Waals surface area contributed by atoms with Crippen LogP contribution in [0, 0.1) is 5.92 Å². The molecular formula is C10H18N2S. The summed E-state index contributed by atoms with van der Waals surface area (Å²) in [4.78, 5) is 2.26. The van der Waals surface area contributed by atoms with Crippen molar-refractivity contribution in [2.45, 2.75) is 44.6 Å². The van der Waals surface area contributed by atoms with Gasteiger partial charge < -0.3 is 10.6 Å². The zero-order valence-electron chi connectivity index (χ0n) is 8.04. The van der Waals surface area contributed by atoms with E-state index < -0.39 is 0 Å². The van der Waals surface area contributed by atoms with Gasteiger partial charge in [0.1, 0.15) is 0 Å². The summed E-state index contributed by atoms with van der Waals surface area (Å²) in [6.07, 6.45) is 8.19. The molecule has 0 spiro atoms. The summed E-state index contributed by atoms with van der Waals surface area (Å²) in [6.45, 7) is 1.09. The van der Waals surface area contributed by atoms with Crippen LogP contribution in [0.3, 0.4) is 0 Å². The number of thiocarbonyl (C=S) groups is 1. The Hall–Kier alpha value is -0.310. The Morgan fingerprint density at radius 3 is 2.46 bits per heavy atom. The third-order valence-electron chi connectivity index (χ3n) is 3.53. The van der Waals surface area contributed by atoms with Gasteiger partial charge in [-0.1, -0.05) is 12.8 Å². The highest BCUT2D eigenvalue weighted by Crippen LogP contribution is 2.35. The molecule has 1 unspecified atom stereocenters. The minimum absolute atomic E-state index is 0.620. The molecule has 1 aliphatic carbocycles. The van der Waals surface area contributed by atoms with Crippen molar-refractivity contribution >= 4 is 17.3 Å². The maximum Gasteiger partial charge on any atom is 0.166 e. The number of likely N-dealkylation sites (tertiary alicyclic amines) is 1. The van der Waals surface area contributed by atoms with Crippen LogP contribution in [0.15, 0.2) is 0 Å². The lowest BCUT2D eigenvalue weighted by molar-refractivity contribution is 0.282. The van der Waals surface area contributed by atoms with Crippen molar-refractivity contribution in [2.75, 3.05) is 6.54 Å². The Balaban J connectivity index is 2.00. The molecule has 0 aromatic heterocycles. The Bertz CT molecular complexity index is 199. The van der Waals surface area contributed by atoms with Crippen LogP contribution in [-0.4, -0.2) is 22.6 Å². The van der Waals surface area contributed by atoms with E-state index in [0.717, 1.165) is 12.5 Å². The van der Waals surface area contributed by atoms with Crippen LogP contribution in [-0.2, 0) is 0 Å². The molecule has 0 radical (unpaired) electrons. The molecule has 1 aliphatic heterocycles. The molecule has 0 amide bonds. The summed E-state index contributed by atoms with van der Waals surface area (Å²) in [7, 11) is 0. The zero-order valence-corrected chi connectivity index (χ0v) is 8.85. The number of nitrogens with two attached hydrogens (primary N) is 1. The number of rotatable bonds is 1. The lowest BCUT2D eigenvalue weighted by atomic mass is 9.96. The molecule has 2 aliphatic rings. The smallest absolute Gasteiger partial charge is 0.166 e. The van der Waals surface area contributed by atoms with E-state index in [0.29, 0.717) is 11.2 Å². The molecule has 74 valence electrons. The first-order chi connectivity index (χ1) is 6.29. The standard InChI is InChI=1S/C10H18N2S/c11-10(13)12-7-3-6-9(12)8-4-1-2-5-8/h8-9H,1-7H2,(H2,11,13). The van der Waals surface area contributed by atoms with E-state index in [9.17, 15) is 0 Å². The lowest BCUT2D eigenvalue weighted by Crippen LogP contribution is -2.42. The summed E-state index contributed by atoms with van der Waals surface area (Å²) in [5.74, 6) is 0.879. The Labute approximate surface area is 85.5 Å². The normalized spacial score (nSPS) is 29.8. The first kappa shape index (κ1) is 9.25. The van der Waals surface area contributed by atoms with Gasteiger partial charge in [0.25, 0.3) is 0 Å². The van der Waals surface area contributed by atoms with E-state index in [1.54, 1.807) is 0 Å². The molecule has 2 fully saturated rings. The monoisotopic (exact) mass is 198 g/mol. The molecule has 1 atom stereocenters. The van der Waals surface area contributed by atoms with Crippen LogP contribution in [0.1, 0.15) is 38.5 Å². The number of hydrogen-bond donors (Lipinski definition) is 1. The molecule has 1 saturated carbocycles. The summed E-state index contributed by atoms with van der Waals surface area (Å²) < 4.78 is 0. The zero-order chi connectivity index (χ0) is 9.26. The predicted octanol–water partition coefficient (Wildman–Crippen LogP) is 1.88. The van der Waals surface area contributed by atoms with Crippen molar-refractivity contribution in [2.24, 2.45) is 11.7 Å². The maximum atomic E-state index is 5.71. The first-order valence-electron chi connectivity index (χ1n) is 5.35. The van der Waals surface area contributed by atoms with Crippen molar-refractivity contribution in [3.63, 3.8) is 0 Å². The molecule has 0 bridgehead atoms. The van der Waals surface area contributed by atoms with Gasteiger partial charge in [-0.3, -0.25) is 0 Å². The molecule has 0 aromatic rings. The highest BCUT2D eigenvalue weighted by atomic mass is 32.1. The van der Waals surface area contributed by atoms with Gasteiger partial charge >= 0.3 is 0 Å². The molecule has 3 heteroatoms. The molecule has 2 N–H and O–H groups in total. The summed E-state index contributed by atoms with van der Waals surface area (Å²) in [6, 6.07) is 0.681. The van der Waals surface area contributed by atoms with Crippen molar-refractivity contribution in [1.29, 1.82) is 0 Å². The Morgan fingerprint density at radius 1 is 1.15 bits per heavy atom. The van der Waals surface area contributed by atoms with Gasteiger partial charge in [0.05, 0.1) is 0 Å². The number of hydrogen-bond acceptors (Lipinski definition) is 1. The predicted molar refractivity (Wildman–Crippen MR) is 58.5 cm³/mol. The van der Waals surface area contributed by atoms with Gasteiger partial charge in [-0.2, -0.15) is 0 Å². The quantitative estimate of drug-likeness (QED) is 0.652. The van der Waals surface area contributed by atoms with E-state index in [4.69, 9.17) is 18.0 Å². The van der Waals surface area contributed by atoms with E-state index in [2.05, 4.69) is 4.90 Å². The van der Waals surface area contributed by atoms with Gasteiger partial charge in [-0.25, -0.2) is 0 Å². The minimum Gasteiger partial charge on any atom is -0.376 e. The SMILES string of the molecule is NC(=S)N1CCCC1C1CCCC1. The van der Waals surface area contributed by atoms with E-state index >= 15 is 0 Å². The topological polar surface area (TPSA) is 29.3 Å². The fourth-order valence-corrected chi connectivity index (χ4v) is 3.13. The molecule has 2 nitrogen and oxygen atoms in total. The van der Waals surface area contributed by atoms with Crippen LogP contribution in [0.4, 0.5) is 0 Å². The molecular weight excluding hydrogens is 180 g/mol. The molecule has 2 rings (SSSR count). The van der Waals surface area contributed by atoms with Gasteiger partial charge in [-0.05, 0) is 43.8 Å². The third-order valence-corrected chi connectivity index (χ3v) is 3.76. The summed E-state index contributed by atoms with van der Waals surface area (Å²) in [5.41, 5.74) is 5.71. The van der Waals surface area contributed by atoms with E-state index in [-0.39, 0.29) is 0 Å². The van der Waals surface area contributed by atoms with Crippen LogP contribution < -0.4 is 5.73 Å².